The molecule has 120 valence electrons. The van der Waals surface area contributed by atoms with Crippen LogP contribution in [0.25, 0.3) is 0 Å². The third-order valence-electron chi connectivity index (χ3n) is 4.36. The summed E-state index contributed by atoms with van der Waals surface area (Å²) < 4.78 is 13.3. The van der Waals surface area contributed by atoms with Gasteiger partial charge in [0, 0.05) is 18.7 Å². The Kier molecular flexibility index (Phi) is 4.72. The molecule has 23 heavy (non-hydrogen) atoms. The van der Waals surface area contributed by atoms with Gasteiger partial charge in [-0.15, -0.1) is 0 Å². The molecule has 1 aliphatic rings. The van der Waals surface area contributed by atoms with Gasteiger partial charge in [-0.05, 0) is 60.7 Å². The van der Waals surface area contributed by atoms with Gasteiger partial charge in [-0.1, -0.05) is 24.3 Å². The summed E-state index contributed by atoms with van der Waals surface area (Å²) in [6.45, 7) is 4.12. The minimum Gasteiger partial charge on any atom is -0.348 e. The van der Waals surface area contributed by atoms with Gasteiger partial charge in [-0.25, -0.2) is 4.39 Å². The van der Waals surface area contributed by atoms with Gasteiger partial charge in [0.2, 0.25) is 0 Å². The lowest BCUT2D eigenvalue weighted by Crippen LogP contribution is -2.23. The molecule has 0 aliphatic carbocycles. The smallest absolute Gasteiger partial charge is 0.251 e. The number of carbonyl (C=O) groups is 1. The minimum atomic E-state index is -0.224. The first kappa shape index (κ1) is 15.7. The maximum Gasteiger partial charge on any atom is 0.251 e. The second-order valence-electron chi connectivity index (χ2n) is 6.08. The fourth-order valence-corrected chi connectivity index (χ4v) is 2.97. The van der Waals surface area contributed by atoms with Crippen LogP contribution in [0.1, 0.15) is 39.4 Å². The van der Waals surface area contributed by atoms with Crippen molar-refractivity contribution in [1.82, 2.24) is 10.6 Å². The van der Waals surface area contributed by atoms with E-state index in [1.807, 2.05) is 18.2 Å². The van der Waals surface area contributed by atoms with Crippen molar-refractivity contribution < 1.29 is 9.18 Å². The third-order valence-corrected chi connectivity index (χ3v) is 4.36. The van der Waals surface area contributed by atoms with Crippen molar-refractivity contribution in [1.29, 1.82) is 0 Å². The molecule has 2 aromatic rings. The molecule has 1 atom stereocenters. The zero-order valence-electron chi connectivity index (χ0n) is 13.2. The highest BCUT2D eigenvalue weighted by molar-refractivity contribution is 5.94. The lowest BCUT2D eigenvalue weighted by Gasteiger charge is -2.11. The van der Waals surface area contributed by atoms with Gasteiger partial charge in [-0.3, -0.25) is 4.79 Å². The van der Waals surface area contributed by atoms with Crippen molar-refractivity contribution in [2.24, 2.45) is 0 Å². The summed E-state index contributed by atoms with van der Waals surface area (Å²) in [4.78, 5) is 12.3. The molecule has 0 bridgehead atoms. The number of aryl methyl sites for hydroxylation is 1. The van der Waals surface area contributed by atoms with E-state index in [0.29, 0.717) is 23.6 Å². The molecule has 4 heteroatoms. The summed E-state index contributed by atoms with van der Waals surface area (Å²) in [5.74, 6) is 0.167. The highest BCUT2D eigenvalue weighted by atomic mass is 19.1. The largest absolute Gasteiger partial charge is 0.348 e. The maximum absolute atomic E-state index is 13.3. The van der Waals surface area contributed by atoms with Crippen LogP contribution < -0.4 is 10.6 Å². The standard InChI is InChI=1S/C19H21FN2O/c1-13-9-14(5-6-18(13)20)11-22-19(23)16-4-2-3-15(10-16)17-7-8-21-12-17/h2-6,9-10,17,21H,7-8,11-12H2,1H3,(H,22,23)/t17-/m1/s1. The summed E-state index contributed by atoms with van der Waals surface area (Å²) in [7, 11) is 0. The molecule has 3 nitrogen and oxygen atoms in total. The number of halogens is 1. The Morgan fingerprint density at radius 1 is 1.30 bits per heavy atom. The van der Waals surface area contributed by atoms with Crippen LogP contribution >= 0.6 is 0 Å². The van der Waals surface area contributed by atoms with Crippen molar-refractivity contribution in [2.45, 2.75) is 25.8 Å². The predicted octanol–water partition coefficient (Wildman–Crippen LogP) is 3.14. The quantitative estimate of drug-likeness (QED) is 0.910. The Labute approximate surface area is 135 Å². The van der Waals surface area contributed by atoms with Crippen molar-refractivity contribution in [3.05, 3.63) is 70.5 Å². The predicted molar refractivity (Wildman–Crippen MR) is 89.0 cm³/mol. The molecule has 1 fully saturated rings. The number of hydrogen-bond acceptors (Lipinski definition) is 2. The summed E-state index contributed by atoms with van der Waals surface area (Å²) >= 11 is 0. The molecule has 1 heterocycles. The van der Waals surface area contributed by atoms with E-state index in [4.69, 9.17) is 0 Å². The molecule has 0 aromatic heterocycles. The zero-order chi connectivity index (χ0) is 16.2. The topological polar surface area (TPSA) is 41.1 Å². The molecular formula is C19H21FN2O. The van der Waals surface area contributed by atoms with Crippen LogP contribution in [-0.2, 0) is 6.54 Å². The molecule has 0 radical (unpaired) electrons. The van der Waals surface area contributed by atoms with Crippen molar-refractivity contribution in [3.8, 4) is 0 Å². The summed E-state index contributed by atoms with van der Waals surface area (Å²) in [5, 5.41) is 6.25. The molecule has 1 aliphatic heterocycles. The first-order chi connectivity index (χ1) is 11.1. The molecule has 1 saturated heterocycles. The Morgan fingerprint density at radius 3 is 2.91 bits per heavy atom. The number of rotatable bonds is 4. The van der Waals surface area contributed by atoms with Crippen molar-refractivity contribution in [2.75, 3.05) is 13.1 Å². The number of carbonyl (C=O) groups excluding carboxylic acids is 1. The Bertz CT molecular complexity index is 708. The fourth-order valence-electron chi connectivity index (χ4n) is 2.97. The van der Waals surface area contributed by atoms with Gasteiger partial charge in [0.1, 0.15) is 5.82 Å². The van der Waals surface area contributed by atoms with Crippen LogP contribution in [-0.4, -0.2) is 19.0 Å². The molecule has 0 spiro atoms. The van der Waals surface area contributed by atoms with Gasteiger partial charge in [0.25, 0.3) is 5.91 Å². The molecular weight excluding hydrogens is 291 g/mol. The van der Waals surface area contributed by atoms with E-state index >= 15 is 0 Å². The van der Waals surface area contributed by atoms with E-state index in [-0.39, 0.29) is 11.7 Å². The van der Waals surface area contributed by atoms with Gasteiger partial charge in [0.15, 0.2) is 0 Å². The summed E-state index contributed by atoms with van der Waals surface area (Å²) in [6.07, 6.45) is 1.11. The van der Waals surface area contributed by atoms with Gasteiger partial charge < -0.3 is 10.6 Å². The summed E-state index contributed by atoms with van der Waals surface area (Å²) in [6, 6.07) is 12.7. The lowest BCUT2D eigenvalue weighted by atomic mass is 9.96. The highest BCUT2D eigenvalue weighted by Crippen LogP contribution is 2.23. The van der Waals surface area contributed by atoms with Crippen LogP contribution in [0, 0.1) is 12.7 Å². The van der Waals surface area contributed by atoms with E-state index in [1.54, 1.807) is 19.1 Å². The lowest BCUT2D eigenvalue weighted by molar-refractivity contribution is 0.0951. The van der Waals surface area contributed by atoms with Gasteiger partial charge >= 0.3 is 0 Å². The monoisotopic (exact) mass is 312 g/mol. The molecule has 1 amide bonds. The Morgan fingerprint density at radius 2 is 2.17 bits per heavy atom. The normalized spacial score (nSPS) is 17.2. The molecule has 0 saturated carbocycles. The molecule has 2 aromatic carbocycles. The fraction of sp³-hybridized carbons (Fsp3) is 0.316. The summed E-state index contributed by atoms with van der Waals surface area (Å²) in [5.41, 5.74) is 3.37. The first-order valence-electron chi connectivity index (χ1n) is 7.97. The van der Waals surface area contributed by atoms with E-state index in [9.17, 15) is 9.18 Å². The van der Waals surface area contributed by atoms with Crippen LogP contribution in [0.3, 0.4) is 0 Å². The second kappa shape index (κ2) is 6.92. The number of nitrogens with one attached hydrogen (secondary N) is 2. The van der Waals surface area contributed by atoms with Crippen molar-refractivity contribution >= 4 is 5.91 Å². The number of hydrogen-bond donors (Lipinski definition) is 2. The van der Waals surface area contributed by atoms with Crippen LogP contribution in [0.4, 0.5) is 4.39 Å². The van der Waals surface area contributed by atoms with E-state index in [1.165, 1.54) is 11.6 Å². The van der Waals surface area contributed by atoms with E-state index in [0.717, 1.165) is 25.1 Å². The average molecular weight is 312 g/mol. The van der Waals surface area contributed by atoms with E-state index in [2.05, 4.69) is 16.7 Å². The second-order valence-corrected chi connectivity index (χ2v) is 6.08. The van der Waals surface area contributed by atoms with Crippen LogP contribution in [0.2, 0.25) is 0 Å². The minimum absolute atomic E-state index is 0.0974. The zero-order valence-corrected chi connectivity index (χ0v) is 13.2. The molecule has 2 N–H and O–H groups in total. The highest BCUT2D eigenvalue weighted by Gasteiger charge is 2.17. The average Bonchev–Trinajstić information content (AvgIpc) is 3.10. The number of benzene rings is 2. The molecule has 0 unspecified atom stereocenters. The van der Waals surface area contributed by atoms with Gasteiger partial charge in [-0.2, -0.15) is 0 Å². The third kappa shape index (κ3) is 3.77. The van der Waals surface area contributed by atoms with E-state index < -0.39 is 0 Å². The Balaban J connectivity index is 1.65. The maximum atomic E-state index is 13.3. The van der Waals surface area contributed by atoms with Crippen molar-refractivity contribution in [3.63, 3.8) is 0 Å². The molecule has 3 rings (SSSR count). The SMILES string of the molecule is Cc1cc(CNC(=O)c2cccc([C@@H]3CCNC3)c2)ccc1F. The van der Waals surface area contributed by atoms with Gasteiger partial charge in [0.05, 0.1) is 0 Å². The number of amides is 1. The van der Waals surface area contributed by atoms with Crippen LogP contribution in [0.15, 0.2) is 42.5 Å². The Hall–Kier alpha value is -2.20. The first-order valence-corrected chi connectivity index (χ1v) is 7.97. The van der Waals surface area contributed by atoms with Crippen LogP contribution in [0.5, 0.6) is 0 Å².